The second-order valence-electron chi connectivity index (χ2n) is 5.12. The fourth-order valence-electron chi connectivity index (χ4n) is 2.40. The van der Waals surface area contributed by atoms with Gasteiger partial charge in [-0.2, -0.15) is 0 Å². The molecule has 1 heterocycles. The van der Waals surface area contributed by atoms with Crippen LogP contribution in [0.5, 0.6) is 11.5 Å². The molecule has 0 aromatic heterocycles. The SMILES string of the molecule is CCC(C)C(O)C(CN)c1ccc2c(c1)OCCO2. The van der Waals surface area contributed by atoms with E-state index in [9.17, 15) is 5.11 Å². The minimum atomic E-state index is -0.433. The molecule has 0 spiro atoms. The molecule has 0 radical (unpaired) electrons. The third kappa shape index (κ3) is 3.01. The summed E-state index contributed by atoms with van der Waals surface area (Å²) in [5, 5.41) is 10.4. The highest BCUT2D eigenvalue weighted by atomic mass is 16.6. The molecule has 0 fully saturated rings. The molecule has 19 heavy (non-hydrogen) atoms. The maximum atomic E-state index is 10.4. The number of aliphatic hydroxyl groups excluding tert-OH is 1. The molecule has 3 unspecified atom stereocenters. The van der Waals surface area contributed by atoms with Gasteiger partial charge in [0.2, 0.25) is 0 Å². The minimum Gasteiger partial charge on any atom is -0.486 e. The lowest BCUT2D eigenvalue weighted by Gasteiger charge is -2.27. The van der Waals surface area contributed by atoms with Crippen molar-refractivity contribution >= 4 is 0 Å². The van der Waals surface area contributed by atoms with E-state index in [0.717, 1.165) is 23.5 Å². The van der Waals surface area contributed by atoms with Gasteiger partial charge in [-0.15, -0.1) is 0 Å². The van der Waals surface area contributed by atoms with Gasteiger partial charge in [-0.25, -0.2) is 0 Å². The molecule has 3 atom stereocenters. The zero-order valence-electron chi connectivity index (χ0n) is 11.6. The van der Waals surface area contributed by atoms with Gasteiger partial charge in [0.15, 0.2) is 11.5 Å². The Morgan fingerprint density at radius 2 is 1.95 bits per heavy atom. The van der Waals surface area contributed by atoms with E-state index in [1.807, 2.05) is 25.1 Å². The van der Waals surface area contributed by atoms with Gasteiger partial charge >= 0.3 is 0 Å². The first-order chi connectivity index (χ1) is 9.17. The number of aliphatic hydroxyl groups is 1. The van der Waals surface area contributed by atoms with Crippen LogP contribution in [0.3, 0.4) is 0 Å². The molecule has 1 aromatic rings. The predicted molar refractivity (Wildman–Crippen MR) is 74.7 cm³/mol. The van der Waals surface area contributed by atoms with Crippen molar-refractivity contribution in [2.45, 2.75) is 32.3 Å². The van der Waals surface area contributed by atoms with Crippen LogP contribution in [-0.2, 0) is 0 Å². The molecule has 0 saturated carbocycles. The van der Waals surface area contributed by atoms with Crippen LogP contribution < -0.4 is 15.2 Å². The average molecular weight is 265 g/mol. The van der Waals surface area contributed by atoms with E-state index in [2.05, 4.69) is 6.92 Å². The summed E-state index contributed by atoms with van der Waals surface area (Å²) in [6.45, 7) is 5.70. The molecular formula is C15H23NO3. The number of hydrogen-bond acceptors (Lipinski definition) is 4. The summed E-state index contributed by atoms with van der Waals surface area (Å²) in [6, 6.07) is 5.81. The fraction of sp³-hybridized carbons (Fsp3) is 0.600. The number of fused-ring (bicyclic) bond motifs is 1. The van der Waals surface area contributed by atoms with Gasteiger partial charge in [-0.1, -0.05) is 26.3 Å². The summed E-state index contributed by atoms with van der Waals surface area (Å²) in [7, 11) is 0. The van der Waals surface area contributed by atoms with Crippen LogP contribution in [0.15, 0.2) is 18.2 Å². The topological polar surface area (TPSA) is 64.7 Å². The van der Waals surface area contributed by atoms with Crippen molar-refractivity contribution in [1.29, 1.82) is 0 Å². The van der Waals surface area contributed by atoms with Crippen molar-refractivity contribution in [3.63, 3.8) is 0 Å². The van der Waals surface area contributed by atoms with Crippen LogP contribution in [0.4, 0.5) is 0 Å². The highest BCUT2D eigenvalue weighted by Gasteiger charge is 2.25. The molecule has 0 amide bonds. The first-order valence-corrected chi connectivity index (χ1v) is 6.95. The van der Waals surface area contributed by atoms with Gasteiger partial charge in [0.25, 0.3) is 0 Å². The van der Waals surface area contributed by atoms with E-state index >= 15 is 0 Å². The molecule has 2 rings (SSSR count). The molecule has 106 valence electrons. The normalized spacial score (nSPS) is 18.7. The van der Waals surface area contributed by atoms with Gasteiger partial charge in [0, 0.05) is 12.5 Å². The van der Waals surface area contributed by atoms with E-state index in [0.29, 0.717) is 19.8 Å². The van der Waals surface area contributed by atoms with E-state index in [4.69, 9.17) is 15.2 Å². The van der Waals surface area contributed by atoms with Gasteiger partial charge in [-0.05, 0) is 23.6 Å². The molecule has 1 aromatic carbocycles. The highest BCUT2D eigenvalue weighted by molar-refractivity contribution is 5.45. The smallest absolute Gasteiger partial charge is 0.161 e. The molecule has 1 aliphatic heterocycles. The number of ether oxygens (including phenoxy) is 2. The van der Waals surface area contributed by atoms with E-state index in [-0.39, 0.29) is 11.8 Å². The lowest BCUT2D eigenvalue weighted by Crippen LogP contribution is -2.31. The van der Waals surface area contributed by atoms with Gasteiger partial charge < -0.3 is 20.3 Å². The summed E-state index contributed by atoms with van der Waals surface area (Å²) < 4.78 is 11.1. The monoisotopic (exact) mass is 265 g/mol. The maximum absolute atomic E-state index is 10.4. The molecule has 4 heteroatoms. The summed E-state index contributed by atoms with van der Waals surface area (Å²) >= 11 is 0. The number of nitrogens with two attached hydrogens (primary N) is 1. The Balaban J connectivity index is 2.23. The van der Waals surface area contributed by atoms with Crippen molar-refractivity contribution in [3.05, 3.63) is 23.8 Å². The van der Waals surface area contributed by atoms with Crippen molar-refractivity contribution in [2.24, 2.45) is 11.7 Å². The second-order valence-corrected chi connectivity index (χ2v) is 5.12. The Bertz CT molecular complexity index is 422. The third-order valence-electron chi connectivity index (χ3n) is 3.89. The number of hydrogen-bond donors (Lipinski definition) is 2. The van der Waals surface area contributed by atoms with Crippen LogP contribution in [0.1, 0.15) is 31.7 Å². The van der Waals surface area contributed by atoms with Crippen LogP contribution >= 0.6 is 0 Å². The number of benzene rings is 1. The van der Waals surface area contributed by atoms with Gasteiger partial charge in [0.1, 0.15) is 13.2 Å². The van der Waals surface area contributed by atoms with Crippen LogP contribution in [0, 0.1) is 5.92 Å². The van der Waals surface area contributed by atoms with Crippen molar-refractivity contribution in [2.75, 3.05) is 19.8 Å². The molecule has 1 aliphatic rings. The summed E-state index contributed by atoms with van der Waals surface area (Å²) in [5.41, 5.74) is 6.86. The maximum Gasteiger partial charge on any atom is 0.161 e. The minimum absolute atomic E-state index is 0.0641. The summed E-state index contributed by atoms with van der Waals surface area (Å²) in [6.07, 6.45) is 0.500. The Hall–Kier alpha value is -1.26. The van der Waals surface area contributed by atoms with E-state index in [1.165, 1.54) is 0 Å². The molecule has 4 nitrogen and oxygen atoms in total. The second kappa shape index (κ2) is 6.26. The zero-order valence-corrected chi connectivity index (χ0v) is 11.6. The van der Waals surface area contributed by atoms with Crippen molar-refractivity contribution in [3.8, 4) is 11.5 Å². The lowest BCUT2D eigenvalue weighted by molar-refractivity contribution is 0.0883. The molecule has 0 saturated heterocycles. The summed E-state index contributed by atoms with van der Waals surface area (Å²) in [4.78, 5) is 0. The van der Waals surface area contributed by atoms with Crippen molar-refractivity contribution < 1.29 is 14.6 Å². The van der Waals surface area contributed by atoms with E-state index in [1.54, 1.807) is 0 Å². The fourth-order valence-corrected chi connectivity index (χ4v) is 2.40. The molecule has 0 aliphatic carbocycles. The van der Waals surface area contributed by atoms with Crippen LogP contribution in [0.2, 0.25) is 0 Å². The lowest BCUT2D eigenvalue weighted by atomic mass is 9.85. The first-order valence-electron chi connectivity index (χ1n) is 6.95. The molecule has 3 N–H and O–H groups in total. The summed E-state index contributed by atoms with van der Waals surface area (Å²) in [5.74, 6) is 1.68. The Labute approximate surface area is 114 Å². The average Bonchev–Trinajstić information content (AvgIpc) is 2.46. The molecule has 0 bridgehead atoms. The first kappa shape index (κ1) is 14.2. The molecular weight excluding hydrogens is 242 g/mol. The van der Waals surface area contributed by atoms with Crippen LogP contribution in [0.25, 0.3) is 0 Å². The highest BCUT2D eigenvalue weighted by Crippen LogP contribution is 2.35. The van der Waals surface area contributed by atoms with Gasteiger partial charge in [-0.3, -0.25) is 0 Å². The van der Waals surface area contributed by atoms with E-state index < -0.39 is 6.10 Å². The standard InChI is InChI=1S/C15H23NO3/c1-3-10(2)15(17)12(9-16)11-4-5-13-14(8-11)19-7-6-18-13/h4-5,8,10,12,15,17H,3,6-7,9,16H2,1-2H3. The third-order valence-corrected chi connectivity index (χ3v) is 3.89. The number of rotatable bonds is 5. The van der Waals surface area contributed by atoms with Crippen molar-refractivity contribution in [1.82, 2.24) is 0 Å². The van der Waals surface area contributed by atoms with Gasteiger partial charge in [0.05, 0.1) is 6.10 Å². The zero-order chi connectivity index (χ0) is 13.8. The Morgan fingerprint density at radius 3 is 2.58 bits per heavy atom. The van der Waals surface area contributed by atoms with Crippen LogP contribution in [-0.4, -0.2) is 31.0 Å². The predicted octanol–water partition coefficient (Wildman–Crippen LogP) is 1.91. The largest absolute Gasteiger partial charge is 0.486 e. The quantitative estimate of drug-likeness (QED) is 0.853. The Morgan fingerprint density at radius 1 is 1.26 bits per heavy atom. The Kier molecular flexibility index (Phi) is 4.66.